The van der Waals surface area contributed by atoms with Crippen molar-refractivity contribution in [1.29, 1.82) is 0 Å². The predicted molar refractivity (Wildman–Crippen MR) is 119 cm³/mol. The van der Waals surface area contributed by atoms with E-state index in [9.17, 15) is 0 Å². The SMILES string of the molecule is C1=CC2=C(/N=N/Nc3ccc4c5c(cccc35)CC=C4)C=CC3C=CCC(=C1)C23. The molecule has 0 saturated carbocycles. The summed E-state index contributed by atoms with van der Waals surface area (Å²) in [6, 6.07) is 10.7. The number of hydrogen-bond donors (Lipinski definition) is 1. The van der Waals surface area contributed by atoms with Crippen molar-refractivity contribution in [2.24, 2.45) is 22.2 Å². The van der Waals surface area contributed by atoms with Crippen LogP contribution in [-0.4, -0.2) is 0 Å². The van der Waals surface area contributed by atoms with Gasteiger partial charge in [0.2, 0.25) is 0 Å². The van der Waals surface area contributed by atoms with Crippen LogP contribution in [0.4, 0.5) is 5.69 Å². The molecule has 0 fully saturated rings. The molecule has 1 N–H and O–H groups in total. The first-order valence-corrected chi connectivity index (χ1v) is 10.2. The first-order chi connectivity index (χ1) is 14.4. The summed E-state index contributed by atoms with van der Waals surface area (Å²) in [5.41, 5.74) is 10.5. The standard InChI is InChI=1S/C26H21N3/c1-5-17-9-3-11-21-23(15-13-19(7-1)25(17)21)27-29-28-24-16-14-20-8-2-6-18-10-4-12-22(24)26(18)20/h1-4,7-16,19,25H,5-6H2,(H,27,28). The van der Waals surface area contributed by atoms with Crippen molar-refractivity contribution in [3.63, 3.8) is 0 Å². The summed E-state index contributed by atoms with van der Waals surface area (Å²) in [5.74, 6) is 0.853. The minimum Gasteiger partial charge on any atom is -0.259 e. The molecular formula is C26H21N3. The summed E-state index contributed by atoms with van der Waals surface area (Å²) < 4.78 is 0. The first-order valence-electron chi connectivity index (χ1n) is 10.2. The molecule has 2 unspecified atom stereocenters. The summed E-state index contributed by atoms with van der Waals surface area (Å²) in [6.07, 6.45) is 22.0. The molecule has 3 heteroatoms. The lowest BCUT2D eigenvalue weighted by Crippen LogP contribution is -2.23. The lowest BCUT2D eigenvalue weighted by Gasteiger charge is -2.34. The summed E-state index contributed by atoms with van der Waals surface area (Å²) in [7, 11) is 0. The van der Waals surface area contributed by atoms with Crippen molar-refractivity contribution in [3.05, 3.63) is 107 Å². The molecule has 0 spiro atoms. The molecule has 4 aliphatic carbocycles. The molecule has 0 saturated heterocycles. The number of hydrogen-bond acceptors (Lipinski definition) is 2. The van der Waals surface area contributed by atoms with E-state index in [2.05, 4.69) is 101 Å². The molecule has 0 bridgehead atoms. The van der Waals surface area contributed by atoms with Gasteiger partial charge in [0.1, 0.15) is 0 Å². The highest BCUT2D eigenvalue weighted by molar-refractivity contribution is 6.02. The van der Waals surface area contributed by atoms with Crippen LogP contribution < -0.4 is 5.43 Å². The van der Waals surface area contributed by atoms with Crippen LogP contribution in [0.2, 0.25) is 0 Å². The smallest absolute Gasteiger partial charge is 0.0909 e. The fraction of sp³-hybridized carbons (Fsp3) is 0.154. The molecule has 0 heterocycles. The van der Waals surface area contributed by atoms with Crippen molar-refractivity contribution in [2.75, 3.05) is 5.43 Å². The first kappa shape index (κ1) is 16.5. The lowest BCUT2D eigenvalue weighted by atomic mass is 9.70. The fourth-order valence-corrected chi connectivity index (χ4v) is 4.98. The molecule has 6 rings (SSSR count). The maximum atomic E-state index is 4.57. The van der Waals surface area contributed by atoms with Gasteiger partial charge in [-0.05, 0) is 47.1 Å². The number of nitrogens with zero attached hydrogens (tertiary/aromatic N) is 2. The minimum absolute atomic E-state index is 0.413. The van der Waals surface area contributed by atoms with Crippen LogP contribution in [0.15, 0.2) is 106 Å². The number of nitrogens with one attached hydrogen (secondary N) is 1. The van der Waals surface area contributed by atoms with Gasteiger partial charge < -0.3 is 0 Å². The predicted octanol–water partition coefficient (Wildman–Crippen LogP) is 6.70. The molecule has 140 valence electrons. The second-order valence-corrected chi connectivity index (χ2v) is 7.95. The maximum absolute atomic E-state index is 4.57. The van der Waals surface area contributed by atoms with E-state index in [0.717, 1.165) is 24.2 Å². The minimum atomic E-state index is 0.413. The van der Waals surface area contributed by atoms with E-state index in [0.29, 0.717) is 11.8 Å². The highest BCUT2D eigenvalue weighted by Crippen LogP contribution is 2.43. The van der Waals surface area contributed by atoms with E-state index in [1.807, 2.05) is 0 Å². The Labute approximate surface area is 170 Å². The third-order valence-electron chi connectivity index (χ3n) is 6.31. The molecule has 0 amide bonds. The van der Waals surface area contributed by atoms with Gasteiger partial charge in [-0.15, -0.1) is 5.11 Å². The zero-order valence-corrected chi connectivity index (χ0v) is 16.0. The highest BCUT2D eigenvalue weighted by atomic mass is 15.4. The van der Waals surface area contributed by atoms with E-state index in [-0.39, 0.29) is 0 Å². The van der Waals surface area contributed by atoms with Crippen molar-refractivity contribution in [1.82, 2.24) is 0 Å². The molecule has 29 heavy (non-hydrogen) atoms. The average molecular weight is 375 g/mol. The van der Waals surface area contributed by atoms with Crippen LogP contribution >= 0.6 is 0 Å². The topological polar surface area (TPSA) is 36.8 Å². The van der Waals surface area contributed by atoms with Crippen molar-refractivity contribution >= 4 is 22.5 Å². The molecule has 0 aliphatic heterocycles. The Hall–Kier alpha value is -3.46. The molecule has 0 aromatic heterocycles. The van der Waals surface area contributed by atoms with Gasteiger partial charge in [-0.3, -0.25) is 5.43 Å². The maximum Gasteiger partial charge on any atom is 0.0909 e. The van der Waals surface area contributed by atoms with E-state index in [4.69, 9.17) is 0 Å². The van der Waals surface area contributed by atoms with Gasteiger partial charge >= 0.3 is 0 Å². The molecule has 2 atom stereocenters. The summed E-state index contributed by atoms with van der Waals surface area (Å²) in [6.45, 7) is 0. The lowest BCUT2D eigenvalue weighted by molar-refractivity contribution is 0.568. The van der Waals surface area contributed by atoms with Crippen molar-refractivity contribution < 1.29 is 0 Å². The van der Waals surface area contributed by atoms with E-state index in [1.54, 1.807) is 0 Å². The van der Waals surface area contributed by atoms with Gasteiger partial charge in [0, 0.05) is 17.2 Å². The van der Waals surface area contributed by atoms with Crippen LogP contribution in [0, 0.1) is 11.8 Å². The van der Waals surface area contributed by atoms with Gasteiger partial charge in [0.05, 0.1) is 11.4 Å². The Morgan fingerprint density at radius 1 is 0.931 bits per heavy atom. The summed E-state index contributed by atoms with van der Waals surface area (Å²) in [4.78, 5) is 0. The third-order valence-corrected chi connectivity index (χ3v) is 6.31. The molecular weight excluding hydrogens is 354 g/mol. The fourth-order valence-electron chi connectivity index (χ4n) is 4.98. The highest BCUT2D eigenvalue weighted by Gasteiger charge is 2.31. The quantitative estimate of drug-likeness (QED) is 0.362. The number of allylic oxidation sites excluding steroid dienone is 10. The second-order valence-electron chi connectivity index (χ2n) is 7.95. The van der Waals surface area contributed by atoms with Crippen LogP contribution in [-0.2, 0) is 6.42 Å². The summed E-state index contributed by atoms with van der Waals surface area (Å²) >= 11 is 0. The van der Waals surface area contributed by atoms with Crippen molar-refractivity contribution in [3.8, 4) is 0 Å². The Morgan fingerprint density at radius 3 is 2.93 bits per heavy atom. The number of anilines is 1. The average Bonchev–Trinajstić information content (AvgIpc) is 2.77. The second kappa shape index (κ2) is 6.56. The largest absolute Gasteiger partial charge is 0.259 e. The number of benzene rings is 2. The normalized spacial score (nSPS) is 23.7. The Kier molecular flexibility index (Phi) is 3.73. The molecule has 2 aromatic carbocycles. The van der Waals surface area contributed by atoms with Gasteiger partial charge in [-0.25, -0.2) is 0 Å². The van der Waals surface area contributed by atoms with Crippen LogP contribution in [0.5, 0.6) is 0 Å². The molecule has 2 aromatic rings. The Morgan fingerprint density at radius 2 is 1.93 bits per heavy atom. The Balaban J connectivity index is 1.33. The van der Waals surface area contributed by atoms with E-state index in [1.165, 1.54) is 33.0 Å². The van der Waals surface area contributed by atoms with Gasteiger partial charge in [0.25, 0.3) is 0 Å². The third kappa shape index (κ3) is 2.65. The Bertz CT molecular complexity index is 1230. The van der Waals surface area contributed by atoms with Gasteiger partial charge in [0.15, 0.2) is 0 Å². The molecule has 0 radical (unpaired) electrons. The number of rotatable bonds is 3. The summed E-state index contributed by atoms with van der Waals surface area (Å²) in [5, 5.41) is 11.5. The van der Waals surface area contributed by atoms with E-state index >= 15 is 0 Å². The zero-order chi connectivity index (χ0) is 19.2. The van der Waals surface area contributed by atoms with Crippen molar-refractivity contribution in [2.45, 2.75) is 12.8 Å². The van der Waals surface area contributed by atoms with E-state index < -0.39 is 0 Å². The monoisotopic (exact) mass is 375 g/mol. The van der Waals surface area contributed by atoms with Gasteiger partial charge in [-0.2, -0.15) is 0 Å². The zero-order valence-electron chi connectivity index (χ0n) is 16.0. The van der Waals surface area contributed by atoms with Crippen LogP contribution in [0.3, 0.4) is 0 Å². The molecule has 3 nitrogen and oxygen atoms in total. The van der Waals surface area contributed by atoms with Gasteiger partial charge in [-0.1, -0.05) is 83.7 Å². The molecule has 4 aliphatic rings. The van der Waals surface area contributed by atoms with Crippen LogP contribution in [0.25, 0.3) is 16.8 Å². The van der Waals surface area contributed by atoms with Crippen LogP contribution in [0.1, 0.15) is 17.5 Å².